The van der Waals surface area contributed by atoms with E-state index in [2.05, 4.69) is 43.3 Å². The predicted octanol–water partition coefficient (Wildman–Crippen LogP) is 2.65. The largest absolute Gasteiger partial charge is 0.495 e. The molecule has 1 saturated heterocycles. The highest BCUT2D eigenvalue weighted by atomic mass is 127. The Kier molecular flexibility index (Phi) is 8.63. The van der Waals surface area contributed by atoms with Crippen molar-refractivity contribution in [2.45, 2.75) is 6.42 Å². The highest BCUT2D eigenvalue weighted by Gasteiger charge is 2.21. The van der Waals surface area contributed by atoms with Gasteiger partial charge in [0.25, 0.3) is 0 Å². The normalized spacial score (nSPS) is 14.5. The number of aliphatic imine (C=N–C) groups is 1. The van der Waals surface area contributed by atoms with Gasteiger partial charge < -0.3 is 19.9 Å². The van der Waals surface area contributed by atoms with Gasteiger partial charge in [0.1, 0.15) is 5.75 Å². The van der Waals surface area contributed by atoms with E-state index in [9.17, 15) is 0 Å². The van der Waals surface area contributed by atoms with Crippen LogP contribution in [0.4, 0.5) is 5.69 Å². The first-order valence-electron chi connectivity index (χ1n) is 9.05. The van der Waals surface area contributed by atoms with Gasteiger partial charge >= 0.3 is 0 Å². The Morgan fingerprint density at radius 1 is 1.11 bits per heavy atom. The van der Waals surface area contributed by atoms with Crippen molar-refractivity contribution >= 4 is 35.6 Å². The number of anilines is 1. The Balaban J connectivity index is 0.00000261. The number of methoxy groups -OCH3 is 1. The summed E-state index contributed by atoms with van der Waals surface area (Å²) in [6.07, 6.45) is 2.72. The van der Waals surface area contributed by atoms with Crippen LogP contribution in [-0.4, -0.2) is 62.7 Å². The zero-order valence-electron chi connectivity index (χ0n) is 16.0. The Morgan fingerprint density at radius 2 is 1.85 bits per heavy atom. The van der Waals surface area contributed by atoms with E-state index in [1.54, 1.807) is 7.11 Å². The van der Waals surface area contributed by atoms with Gasteiger partial charge in [-0.1, -0.05) is 18.2 Å². The van der Waals surface area contributed by atoms with Crippen molar-refractivity contribution in [2.75, 3.05) is 51.8 Å². The fraction of sp³-hybridized carbons (Fsp3) is 0.400. The van der Waals surface area contributed by atoms with Gasteiger partial charge in [-0.25, -0.2) is 0 Å². The van der Waals surface area contributed by atoms with Crippen LogP contribution >= 0.6 is 24.0 Å². The number of benzene rings is 1. The second-order valence-electron chi connectivity index (χ2n) is 6.19. The molecular weight excluding hydrogens is 453 g/mol. The number of nitrogens with one attached hydrogen (secondary N) is 1. The molecule has 0 radical (unpaired) electrons. The molecule has 2 aromatic rings. The molecule has 0 amide bonds. The third-order valence-corrected chi connectivity index (χ3v) is 4.61. The lowest BCUT2D eigenvalue weighted by molar-refractivity contribution is 0.367. The van der Waals surface area contributed by atoms with E-state index in [4.69, 9.17) is 4.74 Å². The van der Waals surface area contributed by atoms with Gasteiger partial charge in [0.2, 0.25) is 0 Å². The number of hydrogen-bond acceptors (Lipinski definition) is 4. The minimum atomic E-state index is 0. The molecule has 6 nitrogen and oxygen atoms in total. The van der Waals surface area contributed by atoms with Crippen LogP contribution in [0.1, 0.15) is 5.69 Å². The molecule has 0 aliphatic carbocycles. The maximum atomic E-state index is 5.49. The van der Waals surface area contributed by atoms with Crippen molar-refractivity contribution in [3.8, 4) is 5.75 Å². The Bertz CT molecular complexity index is 717. The van der Waals surface area contributed by atoms with Gasteiger partial charge in [0.15, 0.2) is 5.96 Å². The number of guanidine groups is 1. The molecule has 0 unspecified atom stereocenters. The second-order valence-corrected chi connectivity index (χ2v) is 6.19. The van der Waals surface area contributed by atoms with Crippen LogP contribution < -0.4 is 15.0 Å². The molecule has 1 fully saturated rings. The SMILES string of the molecule is CN=C(NCCc1ccccn1)N1CCN(c2ccccc2OC)CC1.I. The number of aromatic nitrogens is 1. The third-order valence-electron chi connectivity index (χ3n) is 4.61. The minimum Gasteiger partial charge on any atom is -0.495 e. The van der Waals surface area contributed by atoms with Crippen LogP contribution in [0, 0.1) is 0 Å². The minimum absolute atomic E-state index is 0. The summed E-state index contributed by atoms with van der Waals surface area (Å²) < 4.78 is 5.49. The number of rotatable bonds is 5. The van der Waals surface area contributed by atoms with Gasteiger partial charge in [0, 0.05) is 58.1 Å². The lowest BCUT2D eigenvalue weighted by Gasteiger charge is -2.38. The molecule has 1 aromatic carbocycles. The maximum Gasteiger partial charge on any atom is 0.193 e. The van der Waals surface area contributed by atoms with Gasteiger partial charge in [0.05, 0.1) is 12.8 Å². The number of halogens is 1. The molecule has 0 spiro atoms. The summed E-state index contributed by atoms with van der Waals surface area (Å²) >= 11 is 0. The lowest BCUT2D eigenvalue weighted by Crippen LogP contribution is -2.52. The van der Waals surface area contributed by atoms with E-state index in [0.29, 0.717) is 0 Å². The molecule has 1 N–H and O–H groups in total. The first kappa shape index (κ1) is 21.3. The zero-order valence-corrected chi connectivity index (χ0v) is 18.3. The van der Waals surface area contributed by atoms with Crippen LogP contribution in [-0.2, 0) is 6.42 Å². The van der Waals surface area contributed by atoms with E-state index < -0.39 is 0 Å². The smallest absolute Gasteiger partial charge is 0.193 e. The number of para-hydroxylation sites is 2. The van der Waals surface area contributed by atoms with Crippen LogP contribution in [0.2, 0.25) is 0 Å². The average Bonchev–Trinajstić information content (AvgIpc) is 2.72. The molecule has 1 aromatic heterocycles. The van der Waals surface area contributed by atoms with Crippen molar-refractivity contribution in [1.29, 1.82) is 0 Å². The Morgan fingerprint density at radius 3 is 2.52 bits per heavy atom. The number of pyridine rings is 1. The van der Waals surface area contributed by atoms with Crippen molar-refractivity contribution in [3.05, 3.63) is 54.4 Å². The molecule has 0 saturated carbocycles. The van der Waals surface area contributed by atoms with E-state index in [0.717, 1.165) is 62.2 Å². The van der Waals surface area contributed by atoms with Crippen LogP contribution in [0.25, 0.3) is 0 Å². The molecular formula is C20H28IN5O. The zero-order chi connectivity index (χ0) is 18.2. The van der Waals surface area contributed by atoms with Gasteiger partial charge in [-0.2, -0.15) is 0 Å². The molecule has 1 aliphatic heterocycles. The van der Waals surface area contributed by atoms with E-state index in [-0.39, 0.29) is 24.0 Å². The summed E-state index contributed by atoms with van der Waals surface area (Å²) in [5.74, 6) is 1.89. The summed E-state index contributed by atoms with van der Waals surface area (Å²) in [7, 11) is 3.57. The Labute approximate surface area is 178 Å². The summed E-state index contributed by atoms with van der Waals surface area (Å²) in [6, 6.07) is 14.2. The number of hydrogen-bond donors (Lipinski definition) is 1. The molecule has 27 heavy (non-hydrogen) atoms. The van der Waals surface area contributed by atoms with Crippen LogP contribution in [0.5, 0.6) is 5.75 Å². The maximum absolute atomic E-state index is 5.49. The molecule has 3 rings (SSSR count). The van der Waals surface area contributed by atoms with Crippen molar-refractivity contribution in [1.82, 2.24) is 15.2 Å². The van der Waals surface area contributed by atoms with E-state index in [1.807, 2.05) is 37.5 Å². The second kappa shape index (κ2) is 11.0. The molecule has 2 heterocycles. The predicted molar refractivity (Wildman–Crippen MR) is 121 cm³/mol. The van der Waals surface area contributed by atoms with E-state index >= 15 is 0 Å². The van der Waals surface area contributed by atoms with Gasteiger partial charge in [-0.3, -0.25) is 9.98 Å². The first-order valence-corrected chi connectivity index (χ1v) is 9.05. The van der Waals surface area contributed by atoms with Crippen molar-refractivity contribution < 1.29 is 4.74 Å². The average molecular weight is 481 g/mol. The summed E-state index contributed by atoms with van der Waals surface area (Å²) in [5, 5.41) is 3.46. The quantitative estimate of drug-likeness (QED) is 0.405. The fourth-order valence-electron chi connectivity index (χ4n) is 3.23. The molecule has 146 valence electrons. The number of nitrogens with zero attached hydrogens (tertiary/aromatic N) is 4. The molecule has 0 atom stereocenters. The van der Waals surface area contributed by atoms with Crippen molar-refractivity contribution in [3.63, 3.8) is 0 Å². The molecule has 0 bridgehead atoms. The highest BCUT2D eigenvalue weighted by molar-refractivity contribution is 14.0. The standard InChI is InChI=1S/C20H27N5O.HI/c1-21-20(23-12-10-17-7-5-6-11-22-17)25-15-13-24(14-16-25)18-8-3-4-9-19(18)26-2;/h3-9,11H,10,12-16H2,1-2H3,(H,21,23);1H. The van der Waals surface area contributed by atoms with Gasteiger partial charge in [-0.15, -0.1) is 24.0 Å². The molecule has 1 aliphatic rings. The summed E-state index contributed by atoms with van der Waals surface area (Å²) in [5.41, 5.74) is 2.25. The molecule has 7 heteroatoms. The summed E-state index contributed by atoms with van der Waals surface area (Å²) in [6.45, 7) is 4.58. The monoisotopic (exact) mass is 481 g/mol. The fourth-order valence-corrected chi connectivity index (χ4v) is 3.23. The van der Waals surface area contributed by atoms with Gasteiger partial charge in [-0.05, 0) is 24.3 Å². The third kappa shape index (κ3) is 5.72. The number of ether oxygens (including phenoxy) is 1. The number of piperazine rings is 1. The highest BCUT2D eigenvalue weighted by Crippen LogP contribution is 2.28. The topological polar surface area (TPSA) is 53.0 Å². The van der Waals surface area contributed by atoms with E-state index in [1.165, 1.54) is 0 Å². The Hall–Kier alpha value is -2.03. The summed E-state index contributed by atoms with van der Waals surface area (Å²) in [4.78, 5) is 13.5. The first-order chi connectivity index (χ1) is 12.8. The van der Waals surface area contributed by atoms with Crippen LogP contribution in [0.3, 0.4) is 0 Å². The lowest BCUT2D eigenvalue weighted by atomic mass is 10.2. The van der Waals surface area contributed by atoms with Crippen molar-refractivity contribution in [2.24, 2.45) is 4.99 Å². The van der Waals surface area contributed by atoms with Crippen LogP contribution in [0.15, 0.2) is 53.7 Å².